The molecule has 27 heavy (non-hydrogen) atoms. The minimum Gasteiger partial charge on any atom is -0.378 e. The summed E-state index contributed by atoms with van der Waals surface area (Å²) < 4.78 is 5.89. The summed E-state index contributed by atoms with van der Waals surface area (Å²) in [6.07, 6.45) is 2.59. The van der Waals surface area contributed by atoms with Gasteiger partial charge in [-0.1, -0.05) is 47.8 Å². The fourth-order valence-electron chi connectivity index (χ4n) is 2.29. The van der Waals surface area contributed by atoms with Crippen LogP contribution in [-0.4, -0.2) is 37.4 Å². The van der Waals surface area contributed by atoms with Gasteiger partial charge in [-0.3, -0.25) is 4.79 Å². The van der Waals surface area contributed by atoms with Crippen molar-refractivity contribution in [2.75, 3.05) is 5.73 Å². The molecule has 0 radical (unpaired) electrons. The molecule has 10 nitrogen and oxygen atoms in total. The lowest BCUT2D eigenvalue weighted by Gasteiger charge is -2.04. The summed E-state index contributed by atoms with van der Waals surface area (Å²) in [6, 6.07) is 5.04. The van der Waals surface area contributed by atoms with Crippen LogP contribution in [0.2, 0.25) is 10.0 Å². The molecule has 2 aromatic heterocycles. The van der Waals surface area contributed by atoms with E-state index < -0.39 is 5.91 Å². The zero-order chi connectivity index (χ0) is 19.4. The SMILES string of the molecule is CCCc1c(C(=O)N/N=C\c2c(Cl)cccc2Cl)nnn1-c1nonc1N. The van der Waals surface area contributed by atoms with Gasteiger partial charge in [-0.25, -0.2) is 10.1 Å². The number of anilines is 1. The molecule has 1 amide bonds. The first kappa shape index (κ1) is 18.8. The molecule has 0 bridgehead atoms. The maximum absolute atomic E-state index is 12.5. The standard InChI is InChI=1S/C15H14Cl2N8O2/c1-2-4-11-12(20-24-25(11)14-13(18)22-27-23-14)15(26)21-19-7-8-9(16)5-3-6-10(8)17/h3,5-7H,2,4H2,1H3,(H2,18,22)(H,21,26)/b19-7-. The Morgan fingerprint density at radius 3 is 2.74 bits per heavy atom. The van der Waals surface area contributed by atoms with Crippen LogP contribution in [0, 0.1) is 0 Å². The molecule has 12 heteroatoms. The highest BCUT2D eigenvalue weighted by Gasteiger charge is 2.23. The van der Waals surface area contributed by atoms with Gasteiger partial charge in [0.1, 0.15) is 0 Å². The Bertz CT molecular complexity index is 977. The monoisotopic (exact) mass is 408 g/mol. The van der Waals surface area contributed by atoms with Crippen LogP contribution in [0.25, 0.3) is 5.82 Å². The Balaban J connectivity index is 1.84. The normalized spacial score (nSPS) is 11.2. The Labute approximate surface area is 163 Å². The van der Waals surface area contributed by atoms with E-state index in [2.05, 4.69) is 35.8 Å². The van der Waals surface area contributed by atoms with E-state index in [0.29, 0.717) is 27.7 Å². The highest BCUT2D eigenvalue weighted by molar-refractivity contribution is 6.38. The van der Waals surface area contributed by atoms with E-state index in [1.54, 1.807) is 18.2 Å². The first-order valence-corrected chi connectivity index (χ1v) is 8.59. The van der Waals surface area contributed by atoms with Crippen molar-refractivity contribution in [3.05, 3.63) is 45.2 Å². The van der Waals surface area contributed by atoms with Gasteiger partial charge < -0.3 is 5.73 Å². The summed E-state index contributed by atoms with van der Waals surface area (Å²) in [6.45, 7) is 1.95. The number of carbonyl (C=O) groups is 1. The van der Waals surface area contributed by atoms with Crippen molar-refractivity contribution in [1.82, 2.24) is 30.7 Å². The molecule has 3 rings (SSSR count). The van der Waals surface area contributed by atoms with Gasteiger partial charge >= 0.3 is 0 Å². The smallest absolute Gasteiger partial charge is 0.293 e. The predicted molar refractivity (Wildman–Crippen MR) is 99.1 cm³/mol. The van der Waals surface area contributed by atoms with E-state index in [4.69, 9.17) is 28.9 Å². The highest BCUT2D eigenvalue weighted by atomic mass is 35.5. The highest BCUT2D eigenvalue weighted by Crippen LogP contribution is 2.22. The summed E-state index contributed by atoms with van der Waals surface area (Å²) in [5.41, 5.74) is 9.15. The molecule has 0 saturated carbocycles. The number of nitrogens with zero attached hydrogens (tertiary/aromatic N) is 6. The molecule has 0 saturated heterocycles. The third-order valence-electron chi connectivity index (χ3n) is 3.52. The van der Waals surface area contributed by atoms with Crippen molar-refractivity contribution < 1.29 is 9.42 Å². The number of nitrogens with one attached hydrogen (secondary N) is 1. The average Bonchev–Trinajstić information content (AvgIpc) is 3.23. The second-order valence-corrected chi connectivity index (χ2v) is 6.17. The molecule has 0 aliphatic rings. The van der Waals surface area contributed by atoms with Crippen LogP contribution in [0.1, 0.15) is 35.1 Å². The number of rotatable bonds is 6. The summed E-state index contributed by atoms with van der Waals surface area (Å²) in [4.78, 5) is 12.5. The molecule has 3 N–H and O–H groups in total. The molecule has 3 aromatic rings. The second kappa shape index (κ2) is 8.14. The number of aromatic nitrogens is 5. The second-order valence-electron chi connectivity index (χ2n) is 5.35. The molecule has 1 aromatic carbocycles. The van der Waals surface area contributed by atoms with Crippen LogP contribution in [-0.2, 0) is 6.42 Å². The van der Waals surface area contributed by atoms with Gasteiger partial charge in [0.05, 0.1) is 22.0 Å². The Hall–Kier alpha value is -2.98. The number of nitrogens with two attached hydrogens (primary N) is 1. The quantitative estimate of drug-likeness (QED) is 0.471. The minimum atomic E-state index is -0.556. The first-order chi connectivity index (χ1) is 13.0. The van der Waals surface area contributed by atoms with Crippen molar-refractivity contribution >= 4 is 41.1 Å². The Morgan fingerprint density at radius 2 is 2.11 bits per heavy atom. The van der Waals surface area contributed by atoms with Gasteiger partial charge in [0.15, 0.2) is 5.69 Å². The van der Waals surface area contributed by atoms with E-state index in [-0.39, 0.29) is 17.3 Å². The lowest BCUT2D eigenvalue weighted by atomic mass is 10.2. The summed E-state index contributed by atoms with van der Waals surface area (Å²) in [5.74, 6) is -0.355. The van der Waals surface area contributed by atoms with Crippen LogP contribution in [0.3, 0.4) is 0 Å². The lowest BCUT2D eigenvalue weighted by Crippen LogP contribution is -2.20. The third-order valence-corrected chi connectivity index (χ3v) is 4.18. The van der Waals surface area contributed by atoms with Crippen molar-refractivity contribution in [3.63, 3.8) is 0 Å². The summed E-state index contributed by atoms with van der Waals surface area (Å²) in [7, 11) is 0. The van der Waals surface area contributed by atoms with E-state index in [9.17, 15) is 4.79 Å². The molecule has 0 atom stereocenters. The van der Waals surface area contributed by atoms with Gasteiger partial charge in [0.25, 0.3) is 5.91 Å². The Morgan fingerprint density at radius 1 is 1.37 bits per heavy atom. The van der Waals surface area contributed by atoms with Crippen LogP contribution in [0.5, 0.6) is 0 Å². The molecule has 0 unspecified atom stereocenters. The van der Waals surface area contributed by atoms with Crippen molar-refractivity contribution in [2.24, 2.45) is 5.10 Å². The Kier molecular flexibility index (Phi) is 5.67. The fourth-order valence-corrected chi connectivity index (χ4v) is 2.78. The minimum absolute atomic E-state index is 0.0376. The van der Waals surface area contributed by atoms with Crippen molar-refractivity contribution in [1.29, 1.82) is 0 Å². The number of hydrazone groups is 1. The number of hydrogen-bond acceptors (Lipinski definition) is 8. The topological polar surface area (TPSA) is 137 Å². The van der Waals surface area contributed by atoms with E-state index in [0.717, 1.165) is 6.42 Å². The van der Waals surface area contributed by atoms with Crippen LogP contribution >= 0.6 is 23.2 Å². The number of benzene rings is 1. The van der Waals surface area contributed by atoms with Gasteiger partial charge in [-0.2, -0.15) is 9.78 Å². The number of hydrogen-bond donors (Lipinski definition) is 2. The lowest BCUT2D eigenvalue weighted by molar-refractivity contribution is 0.0949. The molecule has 0 fully saturated rings. The van der Waals surface area contributed by atoms with Gasteiger partial charge in [-0.05, 0) is 28.9 Å². The number of nitrogen functional groups attached to an aromatic ring is 1. The van der Waals surface area contributed by atoms with E-state index >= 15 is 0 Å². The molecule has 0 aliphatic carbocycles. The van der Waals surface area contributed by atoms with Gasteiger partial charge in [-0.15, -0.1) is 5.10 Å². The van der Waals surface area contributed by atoms with Crippen LogP contribution < -0.4 is 11.2 Å². The maximum Gasteiger partial charge on any atom is 0.293 e. The molecular formula is C15H14Cl2N8O2. The zero-order valence-electron chi connectivity index (χ0n) is 14.1. The predicted octanol–water partition coefficient (Wildman–Crippen LogP) is 2.26. The van der Waals surface area contributed by atoms with Crippen LogP contribution in [0.4, 0.5) is 5.82 Å². The van der Waals surface area contributed by atoms with Crippen molar-refractivity contribution in [2.45, 2.75) is 19.8 Å². The zero-order valence-corrected chi connectivity index (χ0v) is 15.6. The number of amides is 1. The number of carbonyl (C=O) groups excluding carboxylic acids is 1. The molecule has 0 spiro atoms. The molecule has 140 valence electrons. The maximum atomic E-state index is 12.5. The fraction of sp³-hybridized carbons (Fsp3) is 0.200. The summed E-state index contributed by atoms with van der Waals surface area (Å²) >= 11 is 12.1. The van der Waals surface area contributed by atoms with E-state index in [1.807, 2.05) is 6.92 Å². The largest absolute Gasteiger partial charge is 0.378 e. The molecule has 0 aliphatic heterocycles. The third kappa shape index (κ3) is 3.91. The number of halogens is 2. The van der Waals surface area contributed by atoms with Crippen molar-refractivity contribution in [3.8, 4) is 5.82 Å². The van der Waals surface area contributed by atoms with E-state index in [1.165, 1.54) is 10.9 Å². The first-order valence-electron chi connectivity index (χ1n) is 7.83. The molecule has 2 heterocycles. The average molecular weight is 409 g/mol. The molecular weight excluding hydrogens is 395 g/mol. The van der Waals surface area contributed by atoms with Crippen LogP contribution in [0.15, 0.2) is 27.9 Å². The van der Waals surface area contributed by atoms with Gasteiger partial charge in [0.2, 0.25) is 11.6 Å². The summed E-state index contributed by atoms with van der Waals surface area (Å²) in [5, 5.41) is 19.7. The van der Waals surface area contributed by atoms with Gasteiger partial charge in [0, 0.05) is 5.56 Å².